The van der Waals surface area contributed by atoms with E-state index in [9.17, 15) is 4.39 Å². The summed E-state index contributed by atoms with van der Waals surface area (Å²) < 4.78 is 13.0. The summed E-state index contributed by atoms with van der Waals surface area (Å²) in [7, 11) is 0. The first-order valence-electron chi connectivity index (χ1n) is 7.23. The molecule has 110 valence electrons. The van der Waals surface area contributed by atoms with Gasteiger partial charge in [-0.15, -0.1) is 0 Å². The Morgan fingerprint density at radius 1 is 1.29 bits per heavy atom. The molecule has 21 heavy (non-hydrogen) atoms. The molecule has 1 fully saturated rings. The van der Waals surface area contributed by atoms with Gasteiger partial charge in [0.25, 0.3) is 0 Å². The first-order chi connectivity index (χ1) is 10.1. The summed E-state index contributed by atoms with van der Waals surface area (Å²) in [5.74, 6) is 0.491. The van der Waals surface area contributed by atoms with E-state index in [1.165, 1.54) is 12.1 Å². The number of hydrogen-bond donors (Lipinski definition) is 1. The second-order valence-corrected chi connectivity index (χ2v) is 5.52. The van der Waals surface area contributed by atoms with E-state index in [1.54, 1.807) is 12.1 Å². The second-order valence-electron chi connectivity index (χ2n) is 5.52. The van der Waals surface area contributed by atoms with Gasteiger partial charge in [-0.25, -0.2) is 14.4 Å². The molecule has 1 aromatic carbocycles. The van der Waals surface area contributed by atoms with Gasteiger partial charge in [-0.3, -0.25) is 0 Å². The molecule has 0 bridgehead atoms. The molecule has 2 heterocycles. The number of nitrogens with two attached hydrogens (primary N) is 1. The highest BCUT2D eigenvalue weighted by molar-refractivity contribution is 5.65. The first kappa shape index (κ1) is 13.9. The van der Waals surface area contributed by atoms with Crippen LogP contribution in [-0.2, 0) is 0 Å². The molecule has 0 saturated carbocycles. The first-order valence-corrected chi connectivity index (χ1v) is 7.23. The highest BCUT2D eigenvalue weighted by Crippen LogP contribution is 2.24. The molecule has 0 radical (unpaired) electrons. The number of aryl methyl sites for hydroxylation is 1. The van der Waals surface area contributed by atoms with Gasteiger partial charge in [0.15, 0.2) is 0 Å². The number of anilines is 1. The lowest BCUT2D eigenvalue weighted by atomic mass is 10.1. The highest BCUT2D eigenvalue weighted by Gasteiger charge is 2.19. The zero-order chi connectivity index (χ0) is 14.8. The summed E-state index contributed by atoms with van der Waals surface area (Å²) in [5.41, 5.74) is 8.75. The molecule has 1 aromatic heterocycles. The van der Waals surface area contributed by atoms with Crippen molar-refractivity contribution in [1.82, 2.24) is 9.97 Å². The van der Waals surface area contributed by atoms with Crippen LogP contribution in [0.4, 0.5) is 10.3 Å². The monoisotopic (exact) mass is 286 g/mol. The number of piperidine rings is 1. The van der Waals surface area contributed by atoms with Gasteiger partial charge >= 0.3 is 0 Å². The van der Waals surface area contributed by atoms with Crippen LogP contribution in [0, 0.1) is 12.7 Å². The van der Waals surface area contributed by atoms with Crippen molar-refractivity contribution in [2.75, 3.05) is 18.0 Å². The second kappa shape index (κ2) is 5.77. The van der Waals surface area contributed by atoms with Crippen molar-refractivity contribution in [3.05, 3.63) is 42.0 Å². The number of nitrogens with zero attached hydrogens (tertiary/aromatic N) is 3. The van der Waals surface area contributed by atoms with E-state index in [0.717, 1.165) is 48.7 Å². The molecule has 1 saturated heterocycles. The summed E-state index contributed by atoms with van der Waals surface area (Å²) >= 11 is 0. The minimum Gasteiger partial charge on any atom is -0.339 e. The van der Waals surface area contributed by atoms with Gasteiger partial charge in [-0.05, 0) is 37.5 Å². The Bertz CT molecular complexity index is 627. The van der Waals surface area contributed by atoms with Crippen LogP contribution in [0.5, 0.6) is 0 Å². The largest absolute Gasteiger partial charge is 0.339 e. The summed E-state index contributed by atoms with van der Waals surface area (Å²) in [6, 6.07) is 6.59. The van der Waals surface area contributed by atoms with Crippen molar-refractivity contribution in [3.8, 4) is 11.1 Å². The molecule has 1 aliphatic rings. The molecule has 2 N–H and O–H groups in total. The normalized spacial score (nSPS) is 18.8. The maximum Gasteiger partial charge on any atom is 0.225 e. The lowest BCUT2D eigenvalue weighted by Gasteiger charge is -2.30. The highest BCUT2D eigenvalue weighted by atomic mass is 19.1. The summed E-state index contributed by atoms with van der Waals surface area (Å²) in [6.07, 6.45) is 3.94. The molecule has 2 aromatic rings. The molecule has 1 atom stereocenters. The minimum atomic E-state index is -0.240. The average molecular weight is 286 g/mol. The fourth-order valence-corrected chi connectivity index (χ4v) is 2.71. The van der Waals surface area contributed by atoms with Crippen LogP contribution >= 0.6 is 0 Å². The van der Waals surface area contributed by atoms with E-state index in [4.69, 9.17) is 5.73 Å². The molecule has 0 amide bonds. The van der Waals surface area contributed by atoms with Crippen molar-refractivity contribution in [2.45, 2.75) is 25.8 Å². The van der Waals surface area contributed by atoms with E-state index >= 15 is 0 Å². The van der Waals surface area contributed by atoms with Gasteiger partial charge in [0.2, 0.25) is 5.95 Å². The SMILES string of the molecule is Cc1nc(N2CCCC(N)C2)ncc1-c1ccc(F)cc1. The van der Waals surface area contributed by atoms with Gasteiger partial charge in [-0.1, -0.05) is 12.1 Å². The minimum absolute atomic E-state index is 0.194. The third-order valence-electron chi connectivity index (χ3n) is 3.86. The Morgan fingerprint density at radius 3 is 2.71 bits per heavy atom. The van der Waals surface area contributed by atoms with Crippen LogP contribution in [0.2, 0.25) is 0 Å². The smallest absolute Gasteiger partial charge is 0.225 e. The Hall–Kier alpha value is -2.01. The Labute approximate surface area is 123 Å². The number of rotatable bonds is 2. The molecule has 5 heteroatoms. The Balaban J connectivity index is 1.87. The average Bonchev–Trinajstić information content (AvgIpc) is 2.48. The fourth-order valence-electron chi connectivity index (χ4n) is 2.71. The fraction of sp³-hybridized carbons (Fsp3) is 0.375. The molecule has 1 unspecified atom stereocenters. The molecule has 0 aliphatic carbocycles. The van der Waals surface area contributed by atoms with Crippen molar-refractivity contribution in [3.63, 3.8) is 0 Å². The molecule has 4 nitrogen and oxygen atoms in total. The summed E-state index contributed by atoms with van der Waals surface area (Å²) in [4.78, 5) is 11.2. The Morgan fingerprint density at radius 2 is 2.05 bits per heavy atom. The van der Waals surface area contributed by atoms with Gasteiger partial charge < -0.3 is 10.6 Å². The van der Waals surface area contributed by atoms with Crippen LogP contribution in [0.15, 0.2) is 30.5 Å². The third kappa shape index (κ3) is 3.03. The van der Waals surface area contributed by atoms with Crippen molar-refractivity contribution in [2.24, 2.45) is 5.73 Å². The van der Waals surface area contributed by atoms with Crippen LogP contribution in [-0.4, -0.2) is 29.1 Å². The lowest BCUT2D eigenvalue weighted by molar-refractivity contribution is 0.499. The zero-order valence-electron chi connectivity index (χ0n) is 12.1. The summed E-state index contributed by atoms with van der Waals surface area (Å²) in [5, 5.41) is 0. The third-order valence-corrected chi connectivity index (χ3v) is 3.86. The van der Waals surface area contributed by atoms with Gasteiger partial charge in [-0.2, -0.15) is 0 Å². The lowest BCUT2D eigenvalue weighted by Crippen LogP contribution is -2.43. The zero-order valence-corrected chi connectivity index (χ0v) is 12.1. The molecule has 3 rings (SSSR count). The van der Waals surface area contributed by atoms with Gasteiger partial charge in [0.05, 0.1) is 5.69 Å². The maximum atomic E-state index is 13.0. The molecular weight excluding hydrogens is 267 g/mol. The van der Waals surface area contributed by atoms with E-state index in [-0.39, 0.29) is 11.9 Å². The van der Waals surface area contributed by atoms with Crippen molar-refractivity contribution in [1.29, 1.82) is 0 Å². The van der Waals surface area contributed by atoms with Crippen LogP contribution < -0.4 is 10.6 Å². The van der Waals surface area contributed by atoms with Crippen molar-refractivity contribution >= 4 is 5.95 Å². The number of benzene rings is 1. The Kier molecular flexibility index (Phi) is 3.84. The predicted octanol–water partition coefficient (Wildman–Crippen LogP) is 2.52. The van der Waals surface area contributed by atoms with Crippen LogP contribution in [0.1, 0.15) is 18.5 Å². The molecule has 1 aliphatic heterocycles. The van der Waals surface area contributed by atoms with Gasteiger partial charge in [0, 0.05) is 30.9 Å². The topological polar surface area (TPSA) is 55.0 Å². The van der Waals surface area contributed by atoms with Crippen LogP contribution in [0.25, 0.3) is 11.1 Å². The van der Waals surface area contributed by atoms with E-state index < -0.39 is 0 Å². The number of halogens is 1. The van der Waals surface area contributed by atoms with E-state index in [1.807, 2.05) is 13.1 Å². The van der Waals surface area contributed by atoms with Gasteiger partial charge in [0.1, 0.15) is 5.82 Å². The van der Waals surface area contributed by atoms with Crippen LogP contribution in [0.3, 0.4) is 0 Å². The molecular formula is C16H19FN4. The van der Waals surface area contributed by atoms with E-state index in [0.29, 0.717) is 0 Å². The standard InChI is InChI=1S/C16H19FN4/c1-11-15(12-4-6-13(17)7-5-12)9-19-16(20-11)21-8-2-3-14(18)10-21/h4-7,9,14H,2-3,8,10,18H2,1H3. The summed E-state index contributed by atoms with van der Waals surface area (Å²) in [6.45, 7) is 3.70. The number of hydrogen-bond acceptors (Lipinski definition) is 4. The predicted molar refractivity (Wildman–Crippen MR) is 81.6 cm³/mol. The quantitative estimate of drug-likeness (QED) is 0.921. The number of aromatic nitrogens is 2. The molecule has 0 spiro atoms. The van der Waals surface area contributed by atoms with Crippen molar-refractivity contribution < 1.29 is 4.39 Å². The maximum absolute atomic E-state index is 13.0. The van der Waals surface area contributed by atoms with E-state index in [2.05, 4.69) is 14.9 Å².